The summed E-state index contributed by atoms with van der Waals surface area (Å²) in [6.45, 7) is 7.37. The number of aromatic nitrogens is 1. The first kappa shape index (κ1) is 23.1. The molecule has 1 unspecified atom stereocenters. The normalized spacial score (nSPS) is 16.8. The lowest BCUT2D eigenvalue weighted by Gasteiger charge is -2.23. The summed E-state index contributed by atoms with van der Waals surface area (Å²) in [5.41, 5.74) is 0.245. The first-order valence-electron chi connectivity index (χ1n) is 7.49. The molecule has 0 bridgehead atoms. The third-order valence-electron chi connectivity index (χ3n) is 3.76. The molecule has 2 rings (SSSR count). The van der Waals surface area contributed by atoms with Crippen LogP contribution in [0, 0.1) is 5.41 Å². The first-order chi connectivity index (χ1) is 10.3. The highest BCUT2D eigenvalue weighted by Gasteiger charge is 2.25. The van der Waals surface area contributed by atoms with Crippen LogP contribution in [0.25, 0.3) is 0 Å². The van der Waals surface area contributed by atoms with Crippen LogP contribution in [0.1, 0.15) is 32.9 Å². The number of hydrogen-bond donors (Lipinski definition) is 2. The van der Waals surface area contributed by atoms with E-state index in [-0.39, 0.29) is 49.1 Å². The summed E-state index contributed by atoms with van der Waals surface area (Å²) in [4.78, 5) is 30.3. The van der Waals surface area contributed by atoms with E-state index in [9.17, 15) is 9.59 Å². The minimum Gasteiger partial charge on any atom is -0.341 e. The molecule has 0 spiro atoms. The topological polar surface area (TPSA) is 74.3 Å². The Morgan fingerprint density at radius 3 is 2.62 bits per heavy atom. The maximum absolute atomic E-state index is 12.3. The second-order valence-corrected chi connectivity index (χ2v) is 7.53. The van der Waals surface area contributed by atoms with E-state index in [1.165, 1.54) is 11.3 Å². The van der Waals surface area contributed by atoms with Crippen molar-refractivity contribution in [2.24, 2.45) is 5.41 Å². The second-order valence-electron chi connectivity index (χ2n) is 6.68. The molecule has 1 aromatic heterocycles. The maximum Gasteiger partial charge on any atom is 0.231 e. The van der Waals surface area contributed by atoms with Crippen molar-refractivity contribution in [3.8, 4) is 0 Å². The Hall–Kier alpha value is -0.890. The van der Waals surface area contributed by atoms with Crippen LogP contribution in [0.2, 0.25) is 0 Å². The first-order valence-corrected chi connectivity index (χ1v) is 8.37. The van der Waals surface area contributed by atoms with Crippen molar-refractivity contribution in [2.75, 3.05) is 25.5 Å². The number of carbonyl (C=O) groups is 2. The van der Waals surface area contributed by atoms with E-state index in [0.717, 1.165) is 19.5 Å². The molecule has 1 atom stereocenters. The van der Waals surface area contributed by atoms with E-state index in [2.05, 4.69) is 15.6 Å². The van der Waals surface area contributed by atoms with Crippen LogP contribution >= 0.6 is 36.2 Å². The summed E-state index contributed by atoms with van der Waals surface area (Å²) in [5, 5.41) is 8.43. The molecular weight excluding hydrogens is 371 g/mol. The van der Waals surface area contributed by atoms with Gasteiger partial charge in [0, 0.05) is 30.4 Å². The number of nitrogens with one attached hydrogen (secondary N) is 2. The Labute approximate surface area is 159 Å². The van der Waals surface area contributed by atoms with E-state index in [1.807, 2.05) is 33.2 Å². The molecule has 138 valence electrons. The second kappa shape index (κ2) is 9.56. The SMILES string of the molecule is CN(C(=O)Cc1csc(NC(=O)C(C)(C)C)n1)C1CCNC1.Cl.Cl. The molecular formula is C15H26Cl2N4O2S. The van der Waals surface area contributed by atoms with E-state index < -0.39 is 5.41 Å². The van der Waals surface area contributed by atoms with Gasteiger partial charge in [0.15, 0.2) is 5.13 Å². The largest absolute Gasteiger partial charge is 0.341 e. The molecule has 24 heavy (non-hydrogen) atoms. The maximum atomic E-state index is 12.3. The zero-order valence-electron chi connectivity index (χ0n) is 14.4. The lowest BCUT2D eigenvalue weighted by Crippen LogP contribution is -2.39. The van der Waals surface area contributed by atoms with E-state index in [0.29, 0.717) is 10.8 Å². The number of anilines is 1. The summed E-state index contributed by atoms with van der Waals surface area (Å²) in [6, 6.07) is 0.270. The van der Waals surface area contributed by atoms with Crippen LogP contribution in [0.5, 0.6) is 0 Å². The number of thiazole rings is 1. The Morgan fingerprint density at radius 2 is 2.08 bits per heavy atom. The van der Waals surface area contributed by atoms with Crippen molar-refractivity contribution in [1.82, 2.24) is 15.2 Å². The fraction of sp³-hybridized carbons (Fsp3) is 0.667. The predicted molar refractivity (Wildman–Crippen MR) is 102 cm³/mol. The quantitative estimate of drug-likeness (QED) is 0.818. The van der Waals surface area contributed by atoms with Crippen LogP contribution in [0.4, 0.5) is 5.13 Å². The Bertz CT molecular complexity index is 554. The third kappa shape index (κ3) is 6.20. The minimum atomic E-state index is -0.461. The van der Waals surface area contributed by atoms with Gasteiger partial charge >= 0.3 is 0 Å². The van der Waals surface area contributed by atoms with Crippen molar-refractivity contribution >= 4 is 53.1 Å². The monoisotopic (exact) mass is 396 g/mol. The average molecular weight is 397 g/mol. The average Bonchev–Trinajstić information content (AvgIpc) is 3.08. The number of halogens is 2. The third-order valence-corrected chi connectivity index (χ3v) is 4.57. The zero-order chi connectivity index (χ0) is 16.3. The van der Waals surface area contributed by atoms with Gasteiger partial charge < -0.3 is 15.5 Å². The van der Waals surface area contributed by atoms with Crippen LogP contribution < -0.4 is 10.6 Å². The number of nitrogens with zero attached hydrogens (tertiary/aromatic N) is 2. The van der Waals surface area contributed by atoms with Crippen molar-refractivity contribution in [2.45, 2.75) is 39.7 Å². The summed E-state index contributed by atoms with van der Waals surface area (Å²) in [5.74, 6) is -0.0124. The van der Waals surface area contributed by atoms with Crippen molar-refractivity contribution in [1.29, 1.82) is 0 Å². The minimum absolute atomic E-state index is 0. The Kier molecular flexibility index (Phi) is 9.20. The summed E-state index contributed by atoms with van der Waals surface area (Å²) < 4.78 is 0. The van der Waals surface area contributed by atoms with Gasteiger partial charge in [0.2, 0.25) is 11.8 Å². The molecule has 0 aliphatic carbocycles. The standard InChI is InChI=1S/C15H24N4O2S.2ClH/c1-15(2,3)13(21)18-14-17-10(9-22-14)7-12(20)19(4)11-5-6-16-8-11;;/h9,11,16H,5-8H2,1-4H3,(H,17,18,21);2*1H. The summed E-state index contributed by atoms with van der Waals surface area (Å²) in [6.07, 6.45) is 1.26. The fourth-order valence-corrected chi connectivity index (χ4v) is 2.89. The summed E-state index contributed by atoms with van der Waals surface area (Å²) in [7, 11) is 1.84. The highest BCUT2D eigenvalue weighted by atomic mass is 35.5. The van der Waals surface area contributed by atoms with Gasteiger partial charge in [-0.1, -0.05) is 20.8 Å². The molecule has 2 amide bonds. The smallest absolute Gasteiger partial charge is 0.231 e. The van der Waals surface area contributed by atoms with Crippen molar-refractivity contribution < 1.29 is 9.59 Å². The molecule has 0 radical (unpaired) electrons. The van der Waals surface area contributed by atoms with E-state index in [4.69, 9.17) is 0 Å². The zero-order valence-corrected chi connectivity index (χ0v) is 16.9. The Morgan fingerprint density at radius 1 is 1.42 bits per heavy atom. The fourth-order valence-electron chi connectivity index (χ4n) is 2.18. The van der Waals surface area contributed by atoms with Gasteiger partial charge in [0.1, 0.15) is 0 Å². The Balaban J connectivity index is 0.00000264. The molecule has 2 N–H and O–H groups in total. The molecule has 1 aliphatic rings. The lowest BCUT2D eigenvalue weighted by molar-refractivity contribution is -0.131. The molecule has 1 aliphatic heterocycles. The molecule has 2 heterocycles. The molecule has 6 nitrogen and oxygen atoms in total. The van der Waals surface area contributed by atoms with Crippen molar-refractivity contribution in [3.63, 3.8) is 0 Å². The van der Waals surface area contributed by atoms with Gasteiger partial charge in [-0.3, -0.25) is 9.59 Å². The number of likely N-dealkylation sites (N-methyl/N-ethyl adjacent to an activating group) is 1. The van der Waals surface area contributed by atoms with Crippen LogP contribution in [0.3, 0.4) is 0 Å². The number of amides is 2. The number of hydrogen-bond acceptors (Lipinski definition) is 5. The van der Waals surface area contributed by atoms with Gasteiger partial charge in [0.05, 0.1) is 12.1 Å². The van der Waals surface area contributed by atoms with Gasteiger partial charge in [-0.2, -0.15) is 0 Å². The predicted octanol–water partition coefficient (Wildman–Crippen LogP) is 2.33. The number of rotatable bonds is 4. The molecule has 0 saturated carbocycles. The molecule has 1 fully saturated rings. The van der Waals surface area contributed by atoms with Crippen LogP contribution in [0.15, 0.2) is 5.38 Å². The molecule has 9 heteroatoms. The highest BCUT2D eigenvalue weighted by molar-refractivity contribution is 7.13. The van der Waals surface area contributed by atoms with E-state index >= 15 is 0 Å². The lowest BCUT2D eigenvalue weighted by atomic mass is 9.96. The van der Waals surface area contributed by atoms with Gasteiger partial charge in [-0.25, -0.2) is 4.98 Å². The van der Waals surface area contributed by atoms with Crippen molar-refractivity contribution in [3.05, 3.63) is 11.1 Å². The van der Waals surface area contributed by atoms with Gasteiger partial charge in [0.25, 0.3) is 0 Å². The molecule has 0 aromatic carbocycles. The van der Waals surface area contributed by atoms with Crippen LogP contribution in [-0.4, -0.2) is 47.9 Å². The summed E-state index contributed by atoms with van der Waals surface area (Å²) >= 11 is 1.35. The van der Waals surface area contributed by atoms with Crippen LogP contribution in [-0.2, 0) is 16.0 Å². The number of carbonyl (C=O) groups excluding carboxylic acids is 2. The van der Waals surface area contributed by atoms with Gasteiger partial charge in [-0.15, -0.1) is 36.2 Å². The molecule has 1 aromatic rings. The van der Waals surface area contributed by atoms with Gasteiger partial charge in [-0.05, 0) is 13.0 Å². The highest BCUT2D eigenvalue weighted by Crippen LogP contribution is 2.21. The van der Waals surface area contributed by atoms with E-state index in [1.54, 1.807) is 4.90 Å². The molecule has 1 saturated heterocycles.